The second-order valence-corrected chi connectivity index (χ2v) is 2.59. The van der Waals surface area contributed by atoms with E-state index >= 15 is 0 Å². The average molecular weight is 181 g/mol. The number of anilines is 1. The molecule has 68 valence electrons. The van der Waals surface area contributed by atoms with Crippen LogP contribution in [-0.4, -0.2) is 22.5 Å². The van der Waals surface area contributed by atoms with Gasteiger partial charge in [0.25, 0.3) is 11.7 Å². The Morgan fingerprint density at radius 3 is 3.15 bits per heavy atom. The van der Waals surface area contributed by atoms with Crippen LogP contribution in [0.1, 0.15) is 10.5 Å². The van der Waals surface area contributed by atoms with Gasteiger partial charge in [0.1, 0.15) is 6.33 Å². The average Bonchev–Trinajstić information content (AvgIpc) is 2.48. The fraction of sp³-hybridized carbons (Fsp3) is 0.167. The maximum atomic E-state index is 11.1. The van der Waals surface area contributed by atoms with Crippen molar-refractivity contribution in [2.24, 2.45) is 5.73 Å². The molecule has 0 radical (unpaired) electrons. The summed E-state index contributed by atoms with van der Waals surface area (Å²) in [5, 5.41) is 13.7. The molecule has 0 aliphatic carbocycles. The summed E-state index contributed by atoms with van der Waals surface area (Å²) in [5.74, 6) is -0.426. The van der Waals surface area contributed by atoms with Crippen molar-refractivity contribution in [1.82, 2.24) is 9.97 Å². The highest BCUT2D eigenvalue weighted by atomic mass is 16.5. The number of aromatic nitrogens is 2. The molecular weight excluding hydrogens is 174 g/mol. The molecule has 1 amide bonds. The molecular formula is C6H7N5O2. The predicted molar refractivity (Wildman–Crippen MR) is 43.0 cm³/mol. The van der Waals surface area contributed by atoms with Crippen molar-refractivity contribution in [3.8, 4) is 0 Å². The van der Waals surface area contributed by atoms with E-state index < -0.39 is 5.91 Å². The van der Waals surface area contributed by atoms with Gasteiger partial charge >= 0.3 is 0 Å². The normalized spacial score (nSPS) is 19.3. The molecule has 0 saturated carbocycles. The molecule has 1 aliphatic rings. The lowest BCUT2D eigenvalue weighted by atomic mass is 10.3. The number of carbonyl (C=O) groups is 1. The van der Waals surface area contributed by atoms with Gasteiger partial charge in [0, 0.05) is 0 Å². The zero-order chi connectivity index (χ0) is 9.42. The van der Waals surface area contributed by atoms with Gasteiger partial charge in [-0.25, -0.2) is 4.98 Å². The van der Waals surface area contributed by atoms with E-state index in [0.717, 1.165) is 6.33 Å². The number of primary amides is 1. The summed E-state index contributed by atoms with van der Waals surface area (Å²) in [6, 6.07) is 0. The van der Waals surface area contributed by atoms with Gasteiger partial charge in [0.2, 0.25) is 0 Å². The number of hydrogen-bond acceptors (Lipinski definition) is 5. The Balaban J connectivity index is 2.57. The van der Waals surface area contributed by atoms with E-state index in [1.54, 1.807) is 0 Å². The second kappa shape index (κ2) is 2.64. The third kappa shape index (κ3) is 1.10. The Labute approximate surface area is 73.2 Å². The fourth-order valence-electron chi connectivity index (χ4n) is 1.20. The molecule has 0 aromatic carbocycles. The first-order valence-electron chi connectivity index (χ1n) is 3.62. The molecule has 1 aromatic heterocycles. The standard InChI is InChI=1S/C6H7N5O2/c7-5(12)3-4-6(9-1-8-3)11(13)2-10-4/h1,10-11H,2H2,(H2,7,12). The highest BCUT2D eigenvalue weighted by Gasteiger charge is 2.25. The first-order valence-corrected chi connectivity index (χ1v) is 3.62. The molecule has 13 heavy (non-hydrogen) atoms. The molecule has 1 aliphatic heterocycles. The number of hydrogen-bond donors (Lipinski definition) is 3. The molecule has 0 bridgehead atoms. The molecule has 7 nitrogen and oxygen atoms in total. The largest absolute Gasteiger partial charge is 0.626 e. The number of amides is 1. The molecule has 0 saturated heterocycles. The van der Waals surface area contributed by atoms with Crippen molar-refractivity contribution in [3.05, 3.63) is 17.2 Å². The minimum absolute atomic E-state index is 0.0656. The van der Waals surface area contributed by atoms with Crippen LogP contribution < -0.4 is 16.1 Å². The Bertz CT molecular complexity index is 366. The van der Waals surface area contributed by atoms with Crippen LogP contribution in [-0.2, 0) is 0 Å². The van der Waals surface area contributed by atoms with Crippen LogP contribution in [0.25, 0.3) is 0 Å². The van der Waals surface area contributed by atoms with Crippen molar-refractivity contribution < 1.29 is 9.86 Å². The Morgan fingerprint density at radius 2 is 2.46 bits per heavy atom. The van der Waals surface area contributed by atoms with E-state index in [2.05, 4.69) is 15.3 Å². The van der Waals surface area contributed by atoms with E-state index in [1.807, 2.05) is 0 Å². The van der Waals surface area contributed by atoms with Gasteiger partial charge in [-0.3, -0.25) is 4.79 Å². The highest BCUT2D eigenvalue weighted by molar-refractivity contribution is 5.98. The lowest BCUT2D eigenvalue weighted by Gasteiger charge is -2.11. The zero-order valence-electron chi connectivity index (χ0n) is 6.57. The highest BCUT2D eigenvalue weighted by Crippen LogP contribution is 2.20. The first-order chi connectivity index (χ1) is 6.20. The second-order valence-electron chi connectivity index (χ2n) is 2.59. The van der Waals surface area contributed by atoms with E-state index in [9.17, 15) is 10.0 Å². The third-order valence-electron chi connectivity index (χ3n) is 1.77. The van der Waals surface area contributed by atoms with Gasteiger partial charge in [-0.1, -0.05) is 0 Å². The van der Waals surface area contributed by atoms with Gasteiger partial charge in [-0.05, 0) is 0 Å². The molecule has 1 atom stereocenters. The van der Waals surface area contributed by atoms with Gasteiger partial charge in [-0.15, -0.1) is 0 Å². The summed E-state index contributed by atoms with van der Waals surface area (Å²) in [5.41, 5.74) is 5.46. The zero-order valence-corrected chi connectivity index (χ0v) is 6.57. The molecule has 7 heteroatoms. The van der Waals surface area contributed by atoms with Crippen LogP contribution in [0.15, 0.2) is 6.33 Å². The van der Waals surface area contributed by atoms with Crippen LogP contribution in [0.5, 0.6) is 0 Å². The third-order valence-corrected chi connectivity index (χ3v) is 1.77. The number of nitrogens with one attached hydrogen (secondary N) is 2. The molecule has 0 fully saturated rings. The molecule has 4 N–H and O–H groups in total. The summed E-state index contributed by atoms with van der Waals surface area (Å²) >= 11 is 0. The maximum absolute atomic E-state index is 11.1. The van der Waals surface area contributed by atoms with Crippen LogP contribution >= 0.6 is 0 Å². The molecule has 1 unspecified atom stereocenters. The maximum Gasteiger partial charge on any atom is 0.269 e. The molecule has 2 heterocycles. The lowest BCUT2D eigenvalue weighted by Crippen LogP contribution is -3.01. The van der Waals surface area contributed by atoms with E-state index in [0.29, 0.717) is 5.69 Å². The monoisotopic (exact) mass is 181 g/mol. The fourth-order valence-corrected chi connectivity index (χ4v) is 1.20. The molecule has 2 rings (SSSR count). The Morgan fingerprint density at radius 1 is 1.69 bits per heavy atom. The number of carbonyl (C=O) groups excluding carboxylic acids is 1. The molecule has 0 spiro atoms. The number of nitrogens with zero attached hydrogens (tertiary/aromatic N) is 2. The summed E-state index contributed by atoms with van der Waals surface area (Å²) in [7, 11) is 0. The van der Waals surface area contributed by atoms with Gasteiger partial charge < -0.3 is 21.3 Å². The van der Waals surface area contributed by atoms with E-state index in [4.69, 9.17) is 5.73 Å². The number of fused-ring (bicyclic) bond motifs is 1. The lowest BCUT2D eigenvalue weighted by molar-refractivity contribution is -0.768. The van der Waals surface area contributed by atoms with Crippen molar-refractivity contribution in [2.75, 3.05) is 12.0 Å². The van der Waals surface area contributed by atoms with Gasteiger partial charge in [-0.2, -0.15) is 4.98 Å². The van der Waals surface area contributed by atoms with E-state index in [-0.39, 0.29) is 23.2 Å². The first kappa shape index (κ1) is 7.90. The summed E-state index contributed by atoms with van der Waals surface area (Å²) in [6.07, 6.45) is 1.16. The quantitative estimate of drug-likeness (QED) is 0.433. The predicted octanol–water partition coefficient (Wildman–Crippen LogP) is -2.03. The van der Waals surface area contributed by atoms with Crippen LogP contribution in [0, 0.1) is 5.21 Å². The Kier molecular flexibility index (Phi) is 1.61. The number of quaternary nitrogens is 1. The van der Waals surface area contributed by atoms with Gasteiger partial charge in [0.05, 0.1) is 0 Å². The summed E-state index contributed by atoms with van der Waals surface area (Å²) in [6.45, 7) is 0.147. The SMILES string of the molecule is NC(=O)c1ncnc2c1NC[NH+]2[O-]. The summed E-state index contributed by atoms with van der Waals surface area (Å²) in [4.78, 5) is 18.3. The van der Waals surface area contributed by atoms with Crippen LogP contribution in [0.3, 0.4) is 0 Å². The number of nitrogens with two attached hydrogens (primary N) is 1. The number of rotatable bonds is 1. The van der Waals surface area contributed by atoms with Crippen LogP contribution in [0.4, 0.5) is 11.5 Å². The van der Waals surface area contributed by atoms with Crippen LogP contribution in [0.2, 0.25) is 0 Å². The number of hydroxylamine groups is 1. The summed E-state index contributed by atoms with van der Waals surface area (Å²) < 4.78 is 0. The minimum atomic E-state index is -0.666. The van der Waals surface area contributed by atoms with Gasteiger partial charge in [0.15, 0.2) is 18.1 Å². The van der Waals surface area contributed by atoms with Crippen molar-refractivity contribution in [2.45, 2.75) is 0 Å². The Hall–Kier alpha value is -1.73. The minimum Gasteiger partial charge on any atom is -0.626 e. The molecule has 1 aromatic rings. The topological polar surface area (TPSA) is 108 Å². The van der Waals surface area contributed by atoms with Crippen molar-refractivity contribution >= 4 is 17.4 Å². The van der Waals surface area contributed by atoms with Crippen molar-refractivity contribution in [1.29, 1.82) is 0 Å². The van der Waals surface area contributed by atoms with Crippen molar-refractivity contribution in [3.63, 3.8) is 0 Å². The van der Waals surface area contributed by atoms with E-state index in [1.165, 1.54) is 0 Å². The smallest absolute Gasteiger partial charge is 0.269 e.